The van der Waals surface area contributed by atoms with Crippen molar-refractivity contribution in [1.29, 1.82) is 0 Å². The molecular weight excluding hydrogens is 278 g/mol. The summed E-state index contributed by atoms with van der Waals surface area (Å²) in [7, 11) is 5.47. The number of methoxy groups -OCH3 is 1. The van der Waals surface area contributed by atoms with Crippen LogP contribution in [0.2, 0.25) is 5.02 Å². The fourth-order valence-corrected chi connectivity index (χ4v) is 2.79. The maximum Gasteiger partial charge on any atom is 0.202 e. The maximum atomic E-state index is 13.0. The van der Waals surface area contributed by atoms with Crippen LogP contribution in [0.5, 0.6) is 0 Å². The predicted molar refractivity (Wildman–Crippen MR) is 80.4 cm³/mol. The van der Waals surface area contributed by atoms with Gasteiger partial charge in [0, 0.05) is 7.11 Å². The highest BCUT2D eigenvalue weighted by atomic mass is 35.5. The number of ether oxygens (including phenoxy) is 1. The molecule has 0 aromatic carbocycles. The van der Waals surface area contributed by atoms with Crippen molar-refractivity contribution in [2.45, 2.75) is 38.8 Å². The topological polar surface area (TPSA) is 47.4 Å². The van der Waals surface area contributed by atoms with Crippen molar-refractivity contribution in [2.75, 3.05) is 27.8 Å². The van der Waals surface area contributed by atoms with Crippen molar-refractivity contribution in [1.82, 2.24) is 14.7 Å². The number of rotatable bonds is 8. The van der Waals surface area contributed by atoms with Crippen molar-refractivity contribution in [3.05, 3.63) is 16.9 Å². The molecule has 0 radical (unpaired) electrons. The predicted octanol–water partition coefficient (Wildman–Crippen LogP) is 2.49. The van der Waals surface area contributed by atoms with Gasteiger partial charge in [0.2, 0.25) is 5.78 Å². The van der Waals surface area contributed by atoms with Gasteiger partial charge in [-0.3, -0.25) is 14.4 Å². The monoisotopic (exact) mass is 301 g/mol. The average molecular weight is 302 g/mol. The van der Waals surface area contributed by atoms with Crippen LogP contribution >= 0.6 is 11.6 Å². The Balaban J connectivity index is 3.21. The van der Waals surface area contributed by atoms with Gasteiger partial charge in [0.25, 0.3) is 0 Å². The molecule has 0 atom stereocenters. The number of nitrogens with zero attached hydrogens (tertiary/aromatic N) is 3. The van der Waals surface area contributed by atoms with Gasteiger partial charge in [-0.25, -0.2) is 0 Å². The number of carbonyl (C=O) groups excluding carboxylic acids is 1. The van der Waals surface area contributed by atoms with Crippen LogP contribution < -0.4 is 0 Å². The first-order valence-electron chi connectivity index (χ1n) is 6.87. The molecule has 5 nitrogen and oxygen atoms in total. The minimum absolute atomic E-state index is 0.0195. The zero-order valence-electron chi connectivity index (χ0n) is 12.9. The molecule has 20 heavy (non-hydrogen) atoms. The molecule has 0 N–H and O–H groups in total. The number of ketones is 1. The van der Waals surface area contributed by atoms with Crippen molar-refractivity contribution in [3.8, 4) is 0 Å². The first-order chi connectivity index (χ1) is 9.44. The largest absolute Gasteiger partial charge is 0.383 e. The average Bonchev–Trinajstić information content (AvgIpc) is 2.78. The first kappa shape index (κ1) is 17.1. The van der Waals surface area contributed by atoms with E-state index >= 15 is 0 Å². The zero-order valence-corrected chi connectivity index (χ0v) is 13.7. The van der Waals surface area contributed by atoms with Gasteiger partial charge in [0.05, 0.1) is 29.9 Å². The Labute approximate surface area is 125 Å². The summed E-state index contributed by atoms with van der Waals surface area (Å²) in [6, 6.07) is 0. The summed E-state index contributed by atoms with van der Waals surface area (Å²) in [5.41, 5.74) is -0.0739. The van der Waals surface area contributed by atoms with Crippen LogP contribution in [0, 0.1) is 0 Å². The molecule has 0 unspecified atom stereocenters. The first-order valence-corrected chi connectivity index (χ1v) is 7.24. The van der Waals surface area contributed by atoms with Gasteiger partial charge >= 0.3 is 0 Å². The summed E-state index contributed by atoms with van der Waals surface area (Å²) >= 11 is 6.18. The van der Waals surface area contributed by atoms with Gasteiger partial charge < -0.3 is 4.74 Å². The Morgan fingerprint density at radius 3 is 2.50 bits per heavy atom. The number of hydrogen-bond acceptors (Lipinski definition) is 4. The molecule has 1 rings (SSSR count). The third kappa shape index (κ3) is 3.05. The van der Waals surface area contributed by atoms with Gasteiger partial charge in [0.15, 0.2) is 0 Å². The highest BCUT2D eigenvalue weighted by Crippen LogP contribution is 2.29. The second-order valence-corrected chi connectivity index (χ2v) is 5.43. The third-order valence-corrected chi connectivity index (χ3v) is 4.24. The number of carbonyl (C=O) groups is 1. The fourth-order valence-electron chi connectivity index (χ4n) is 2.56. The van der Waals surface area contributed by atoms with E-state index in [0.29, 0.717) is 23.9 Å². The quantitative estimate of drug-likeness (QED) is 0.692. The Hall–Kier alpha value is -0.910. The molecule has 1 aromatic heterocycles. The molecule has 6 heteroatoms. The van der Waals surface area contributed by atoms with Crippen molar-refractivity contribution < 1.29 is 9.53 Å². The lowest BCUT2D eigenvalue weighted by Gasteiger charge is -2.37. The molecule has 0 spiro atoms. The lowest BCUT2D eigenvalue weighted by molar-refractivity contribution is 0.0641. The maximum absolute atomic E-state index is 13.0. The second-order valence-electron chi connectivity index (χ2n) is 5.02. The van der Waals surface area contributed by atoms with Crippen LogP contribution in [0.3, 0.4) is 0 Å². The summed E-state index contributed by atoms with van der Waals surface area (Å²) in [6.07, 6.45) is 2.97. The second kappa shape index (κ2) is 7.20. The molecule has 1 aromatic rings. The molecule has 0 fully saturated rings. The van der Waals surface area contributed by atoms with Gasteiger partial charge in [-0.1, -0.05) is 25.4 Å². The molecule has 0 saturated carbocycles. The number of Topliss-reactive ketones (excluding diaryl/α,β-unsaturated/α-hetero) is 1. The molecule has 1 heterocycles. The SMILES string of the molecule is CCC(CC)(C(=O)c1c(Cl)cnn1CCOC)N(C)C. The van der Waals surface area contributed by atoms with E-state index in [1.54, 1.807) is 11.8 Å². The van der Waals surface area contributed by atoms with Gasteiger partial charge in [-0.05, 0) is 26.9 Å². The molecule has 0 saturated heterocycles. The third-order valence-electron chi connectivity index (χ3n) is 3.97. The van der Waals surface area contributed by atoms with E-state index in [1.807, 2.05) is 32.8 Å². The fraction of sp³-hybridized carbons (Fsp3) is 0.714. The van der Waals surface area contributed by atoms with E-state index in [4.69, 9.17) is 16.3 Å². The highest BCUT2D eigenvalue weighted by molar-refractivity contribution is 6.34. The van der Waals surface area contributed by atoms with E-state index in [1.165, 1.54) is 6.20 Å². The van der Waals surface area contributed by atoms with E-state index in [9.17, 15) is 4.79 Å². The summed E-state index contributed by atoms with van der Waals surface area (Å²) in [4.78, 5) is 15.0. The van der Waals surface area contributed by atoms with Crippen LogP contribution in [0.1, 0.15) is 37.2 Å². The highest BCUT2D eigenvalue weighted by Gasteiger charge is 2.40. The smallest absolute Gasteiger partial charge is 0.202 e. The van der Waals surface area contributed by atoms with Crippen molar-refractivity contribution >= 4 is 17.4 Å². The van der Waals surface area contributed by atoms with E-state index in [2.05, 4.69) is 5.10 Å². The van der Waals surface area contributed by atoms with Crippen LogP contribution in [0.25, 0.3) is 0 Å². The zero-order chi connectivity index (χ0) is 15.3. The summed E-state index contributed by atoms with van der Waals surface area (Å²) in [6.45, 7) is 5.04. The number of hydrogen-bond donors (Lipinski definition) is 0. The van der Waals surface area contributed by atoms with E-state index in [-0.39, 0.29) is 5.78 Å². The molecule has 0 amide bonds. The Morgan fingerprint density at radius 1 is 1.45 bits per heavy atom. The molecule has 114 valence electrons. The summed E-state index contributed by atoms with van der Waals surface area (Å²) < 4.78 is 6.69. The van der Waals surface area contributed by atoms with Crippen molar-refractivity contribution in [2.24, 2.45) is 0 Å². The molecule has 0 aliphatic carbocycles. The van der Waals surface area contributed by atoms with Gasteiger partial charge in [0.1, 0.15) is 5.69 Å². The molecule has 0 bridgehead atoms. The van der Waals surface area contributed by atoms with Gasteiger partial charge in [-0.15, -0.1) is 0 Å². The standard InChI is InChI=1S/C14H24ClN3O2/c1-6-14(7-2,17(3)4)13(19)12-11(15)10-16-18(12)8-9-20-5/h10H,6-9H2,1-5H3. The molecule has 0 aliphatic heterocycles. The Morgan fingerprint density at radius 2 is 2.05 bits per heavy atom. The summed E-state index contributed by atoms with van der Waals surface area (Å²) in [5.74, 6) is 0.0195. The number of aromatic nitrogens is 2. The molecular formula is C14H24ClN3O2. The minimum Gasteiger partial charge on any atom is -0.383 e. The van der Waals surface area contributed by atoms with E-state index in [0.717, 1.165) is 12.8 Å². The van der Waals surface area contributed by atoms with Crippen LogP contribution in [-0.4, -0.2) is 53.8 Å². The minimum atomic E-state index is -0.547. The Bertz CT molecular complexity index is 453. The molecule has 0 aliphatic rings. The normalized spacial score (nSPS) is 12.2. The van der Waals surface area contributed by atoms with Crippen molar-refractivity contribution in [3.63, 3.8) is 0 Å². The van der Waals surface area contributed by atoms with Crippen LogP contribution in [0.15, 0.2) is 6.20 Å². The lowest BCUT2D eigenvalue weighted by atomic mass is 9.85. The lowest BCUT2D eigenvalue weighted by Crippen LogP contribution is -2.51. The number of likely N-dealkylation sites (N-methyl/N-ethyl adjacent to an activating group) is 1. The van der Waals surface area contributed by atoms with Crippen LogP contribution in [-0.2, 0) is 11.3 Å². The van der Waals surface area contributed by atoms with Crippen LogP contribution in [0.4, 0.5) is 0 Å². The Kier molecular flexibility index (Phi) is 6.17. The number of halogens is 1. The van der Waals surface area contributed by atoms with Gasteiger partial charge in [-0.2, -0.15) is 5.10 Å². The van der Waals surface area contributed by atoms with E-state index < -0.39 is 5.54 Å². The summed E-state index contributed by atoms with van der Waals surface area (Å²) in [5, 5.41) is 4.58.